The quantitative estimate of drug-likeness (QED) is 0.555. The van der Waals surface area contributed by atoms with Crippen molar-refractivity contribution in [3.8, 4) is 0 Å². The zero-order valence-corrected chi connectivity index (χ0v) is 8.75. The smallest absolute Gasteiger partial charge is 0.0727 e. The van der Waals surface area contributed by atoms with Gasteiger partial charge in [0.25, 0.3) is 0 Å². The summed E-state index contributed by atoms with van der Waals surface area (Å²) in [4.78, 5) is 0. The first-order chi connectivity index (χ1) is 4.81. The molecule has 0 saturated heterocycles. The van der Waals surface area contributed by atoms with Gasteiger partial charge in [-0.3, -0.25) is 0 Å². The molecule has 0 aromatic rings. The third-order valence-electron chi connectivity index (χ3n) is 1.13. The van der Waals surface area contributed by atoms with Crippen LogP contribution < -0.4 is 0 Å². The van der Waals surface area contributed by atoms with Crippen LogP contribution in [0.15, 0.2) is 0 Å². The maximum Gasteiger partial charge on any atom is 0.0727 e. The van der Waals surface area contributed by atoms with Crippen LogP contribution in [-0.4, -0.2) is 28.0 Å². The van der Waals surface area contributed by atoms with Crippen LogP contribution in [0, 0.1) is 0 Å². The Morgan fingerprint density at radius 2 is 2.30 bits per heavy atom. The average molecular weight is 227 g/mol. The van der Waals surface area contributed by atoms with Gasteiger partial charge in [0, 0.05) is 11.1 Å². The summed E-state index contributed by atoms with van der Waals surface area (Å²) in [6.45, 7) is 2.18. The Morgan fingerprint density at radius 3 is 2.80 bits per heavy atom. The molecule has 62 valence electrons. The number of thioether (sulfide) groups is 1. The van der Waals surface area contributed by atoms with Crippen molar-refractivity contribution < 1.29 is 5.11 Å². The fraction of sp³-hybridized carbons (Fsp3) is 1.00. The van der Waals surface area contributed by atoms with Crippen molar-refractivity contribution in [1.82, 2.24) is 0 Å². The summed E-state index contributed by atoms with van der Waals surface area (Å²) in [5.41, 5.74) is 0. The number of aliphatic hydroxyl groups excluding tert-OH is 1. The molecule has 0 radical (unpaired) electrons. The lowest BCUT2D eigenvalue weighted by molar-refractivity contribution is 0.226. The van der Waals surface area contributed by atoms with Crippen LogP contribution in [0.25, 0.3) is 0 Å². The van der Waals surface area contributed by atoms with Crippen molar-refractivity contribution in [2.24, 2.45) is 0 Å². The zero-order chi connectivity index (χ0) is 7.82. The minimum absolute atomic E-state index is 0.165. The van der Waals surface area contributed by atoms with E-state index in [4.69, 9.17) is 5.11 Å². The number of rotatable bonds is 6. The largest absolute Gasteiger partial charge is 0.391 e. The molecule has 0 saturated carbocycles. The highest BCUT2D eigenvalue weighted by Crippen LogP contribution is 2.07. The standard InChI is InChI=1S/C7H15BrOS/c1-2-3-4-10-6-7(9)5-8/h7,9H,2-6H2,1H3. The Bertz CT molecular complexity index is 70.6. The van der Waals surface area contributed by atoms with E-state index in [1.807, 2.05) is 11.8 Å². The van der Waals surface area contributed by atoms with Gasteiger partial charge in [0.1, 0.15) is 0 Å². The van der Waals surface area contributed by atoms with E-state index in [-0.39, 0.29) is 6.10 Å². The summed E-state index contributed by atoms with van der Waals surface area (Å²) in [5.74, 6) is 2.05. The van der Waals surface area contributed by atoms with Crippen molar-refractivity contribution in [2.45, 2.75) is 25.9 Å². The average Bonchev–Trinajstić information content (AvgIpc) is 1.98. The summed E-state index contributed by atoms with van der Waals surface area (Å²) in [6, 6.07) is 0. The summed E-state index contributed by atoms with van der Waals surface area (Å²) in [5, 5.41) is 9.79. The van der Waals surface area contributed by atoms with Crippen LogP contribution in [0.4, 0.5) is 0 Å². The van der Waals surface area contributed by atoms with Crippen LogP contribution in [-0.2, 0) is 0 Å². The van der Waals surface area contributed by atoms with Crippen molar-refractivity contribution >= 4 is 27.7 Å². The number of halogens is 1. The third kappa shape index (κ3) is 6.90. The molecule has 0 aliphatic carbocycles. The van der Waals surface area contributed by atoms with Crippen LogP contribution in [0.5, 0.6) is 0 Å². The summed E-state index contributed by atoms with van der Waals surface area (Å²) in [7, 11) is 0. The predicted octanol–water partition coefficient (Wildman–Crippen LogP) is 2.28. The second kappa shape index (κ2) is 7.89. The molecule has 0 aromatic carbocycles. The lowest BCUT2D eigenvalue weighted by atomic mass is 10.4. The summed E-state index contributed by atoms with van der Waals surface area (Å²) < 4.78 is 0. The monoisotopic (exact) mass is 226 g/mol. The Morgan fingerprint density at radius 1 is 1.60 bits per heavy atom. The highest BCUT2D eigenvalue weighted by molar-refractivity contribution is 9.09. The molecule has 1 unspecified atom stereocenters. The molecule has 0 aliphatic heterocycles. The van der Waals surface area contributed by atoms with E-state index in [9.17, 15) is 0 Å². The van der Waals surface area contributed by atoms with Gasteiger partial charge in [-0.25, -0.2) is 0 Å². The van der Waals surface area contributed by atoms with E-state index >= 15 is 0 Å². The van der Waals surface area contributed by atoms with Crippen LogP contribution in [0.3, 0.4) is 0 Å². The molecule has 3 heteroatoms. The van der Waals surface area contributed by atoms with Gasteiger partial charge < -0.3 is 5.11 Å². The normalized spacial score (nSPS) is 13.5. The maximum absolute atomic E-state index is 9.09. The fourth-order valence-electron chi connectivity index (χ4n) is 0.510. The summed E-state index contributed by atoms with van der Waals surface area (Å²) >= 11 is 5.05. The van der Waals surface area contributed by atoms with Gasteiger partial charge in [0.05, 0.1) is 6.10 Å². The lowest BCUT2D eigenvalue weighted by Crippen LogP contribution is -2.11. The van der Waals surface area contributed by atoms with Gasteiger partial charge in [0.15, 0.2) is 0 Å². The zero-order valence-electron chi connectivity index (χ0n) is 6.35. The van der Waals surface area contributed by atoms with Gasteiger partial charge in [-0.05, 0) is 12.2 Å². The van der Waals surface area contributed by atoms with E-state index in [0.717, 1.165) is 5.75 Å². The van der Waals surface area contributed by atoms with Crippen molar-refractivity contribution in [1.29, 1.82) is 0 Å². The van der Waals surface area contributed by atoms with Crippen LogP contribution in [0.2, 0.25) is 0 Å². The van der Waals surface area contributed by atoms with Crippen LogP contribution >= 0.6 is 27.7 Å². The second-order valence-corrected chi connectivity index (χ2v) is 4.03. The van der Waals surface area contributed by atoms with Gasteiger partial charge in [-0.1, -0.05) is 29.3 Å². The number of aliphatic hydroxyl groups is 1. The van der Waals surface area contributed by atoms with E-state index < -0.39 is 0 Å². The number of unbranched alkanes of at least 4 members (excludes halogenated alkanes) is 1. The SMILES string of the molecule is CCCCSCC(O)CBr. The van der Waals surface area contributed by atoms with Crippen molar-refractivity contribution in [3.63, 3.8) is 0 Å². The van der Waals surface area contributed by atoms with Gasteiger partial charge >= 0.3 is 0 Å². The van der Waals surface area contributed by atoms with Gasteiger partial charge in [-0.2, -0.15) is 11.8 Å². The van der Waals surface area contributed by atoms with E-state index in [2.05, 4.69) is 22.9 Å². The minimum Gasteiger partial charge on any atom is -0.391 e. The number of hydrogen-bond donors (Lipinski definition) is 1. The first-order valence-electron chi connectivity index (χ1n) is 3.63. The van der Waals surface area contributed by atoms with Crippen molar-refractivity contribution in [3.05, 3.63) is 0 Å². The molecule has 0 heterocycles. The Balaban J connectivity index is 2.89. The molecule has 1 N–H and O–H groups in total. The fourth-order valence-corrected chi connectivity index (χ4v) is 2.09. The van der Waals surface area contributed by atoms with Gasteiger partial charge in [0.2, 0.25) is 0 Å². The van der Waals surface area contributed by atoms with Crippen molar-refractivity contribution in [2.75, 3.05) is 16.8 Å². The molecule has 0 aliphatic rings. The van der Waals surface area contributed by atoms with E-state index in [1.165, 1.54) is 18.6 Å². The van der Waals surface area contributed by atoms with E-state index in [1.54, 1.807) is 0 Å². The van der Waals surface area contributed by atoms with E-state index in [0.29, 0.717) is 5.33 Å². The molecular formula is C7H15BrOS. The number of alkyl halides is 1. The maximum atomic E-state index is 9.09. The molecule has 0 amide bonds. The Kier molecular flexibility index (Phi) is 8.52. The van der Waals surface area contributed by atoms with Crippen LogP contribution in [0.1, 0.15) is 19.8 Å². The molecule has 10 heavy (non-hydrogen) atoms. The molecule has 0 spiro atoms. The topological polar surface area (TPSA) is 20.2 Å². The highest BCUT2D eigenvalue weighted by atomic mass is 79.9. The second-order valence-electron chi connectivity index (χ2n) is 2.24. The molecule has 0 aromatic heterocycles. The first-order valence-corrected chi connectivity index (χ1v) is 5.90. The Labute approximate surface area is 75.7 Å². The molecule has 0 rings (SSSR count). The Hall–Kier alpha value is 0.790. The highest BCUT2D eigenvalue weighted by Gasteiger charge is 1.99. The molecule has 0 bridgehead atoms. The third-order valence-corrected chi connectivity index (χ3v) is 3.08. The lowest BCUT2D eigenvalue weighted by Gasteiger charge is -2.04. The first kappa shape index (κ1) is 10.8. The molecule has 0 fully saturated rings. The molecule has 1 nitrogen and oxygen atoms in total. The number of hydrogen-bond acceptors (Lipinski definition) is 2. The van der Waals surface area contributed by atoms with Gasteiger partial charge in [-0.15, -0.1) is 0 Å². The predicted molar refractivity (Wildman–Crippen MR) is 52.0 cm³/mol. The molecular weight excluding hydrogens is 212 g/mol. The molecule has 1 atom stereocenters. The minimum atomic E-state index is -0.165. The summed E-state index contributed by atoms with van der Waals surface area (Å²) in [6.07, 6.45) is 2.35.